The van der Waals surface area contributed by atoms with E-state index in [0.717, 1.165) is 22.3 Å². The lowest BCUT2D eigenvalue weighted by molar-refractivity contribution is -0.141. The molecule has 1 aromatic heterocycles. The number of carbonyl (C=O) groups excluding carboxylic acids is 1. The van der Waals surface area contributed by atoms with Gasteiger partial charge in [-0.15, -0.1) is 0 Å². The standard InChI is InChI=1S/C24H22N2O4/c27-23(28)16(13-17-7-5-6-12-25-17)14-26-24(29)30-15-22-20-10-3-1-8-18(20)19-9-2-4-11-21(19)22/h1-12,16,22H,13-15H2,(H,26,29)(H,27,28). The molecule has 1 heterocycles. The fraction of sp³-hybridized carbons (Fsp3) is 0.208. The lowest BCUT2D eigenvalue weighted by atomic mass is 9.98. The van der Waals surface area contributed by atoms with E-state index in [9.17, 15) is 14.7 Å². The number of ether oxygens (including phenoxy) is 1. The van der Waals surface area contributed by atoms with Crippen LogP contribution in [0.3, 0.4) is 0 Å². The minimum absolute atomic E-state index is 0.0252. The maximum atomic E-state index is 12.3. The van der Waals surface area contributed by atoms with Gasteiger partial charge >= 0.3 is 12.1 Å². The number of hydrogen-bond donors (Lipinski definition) is 2. The van der Waals surface area contributed by atoms with Crippen LogP contribution in [0.4, 0.5) is 4.79 Å². The molecular formula is C24H22N2O4. The highest BCUT2D eigenvalue weighted by molar-refractivity contribution is 5.79. The van der Waals surface area contributed by atoms with E-state index < -0.39 is 18.0 Å². The maximum absolute atomic E-state index is 12.3. The van der Waals surface area contributed by atoms with Crippen LogP contribution in [0.2, 0.25) is 0 Å². The van der Waals surface area contributed by atoms with Crippen LogP contribution < -0.4 is 5.32 Å². The number of benzene rings is 2. The SMILES string of the molecule is O=C(NCC(Cc1ccccn1)C(=O)O)OCC1c2ccccc2-c2ccccc21. The quantitative estimate of drug-likeness (QED) is 0.626. The Labute approximate surface area is 174 Å². The molecule has 1 aliphatic carbocycles. The molecule has 1 amide bonds. The van der Waals surface area contributed by atoms with Gasteiger partial charge in [-0.3, -0.25) is 9.78 Å². The topological polar surface area (TPSA) is 88.5 Å². The second-order valence-electron chi connectivity index (χ2n) is 7.27. The second-order valence-corrected chi connectivity index (χ2v) is 7.27. The number of rotatable bonds is 7. The van der Waals surface area contributed by atoms with E-state index >= 15 is 0 Å². The molecule has 2 aromatic carbocycles. The monoisotopic (exact) mass is 402 g/mol. The first-order valence-electron chi connectivity index (χ1n) is 9.85. The van der Waals surface area contributed by atoms with Gasteiger partial charge < -0.3 is 15.2 Å². The Bertz CT molecular complexity index is 1010. The second kappa shape index (κ2) is 8.78. The molecule has 1 atom stereocenters. The van der Waals surface area contributed by atoms with E-state index in [4.69, 9.17) is 4.74 Å². The highest BCUT2D eigenvalue weighted by Gasteiger charge is 2.29. The van der Waals surface area contributed by atoms with Crippen molar-refractivity contribution in [2.24, 2.45) is 5.92 Å². The summed E-state index contributed by atoms with van der Waals surface area (Å²) in [4.78, 5) is 28.0. The van der Waals surface area contributed by atoms with Gasteiger partial charge in [0, 0.05) is 30.8 Å². The van der Waals surface area contributed by atoms with Crippen LogP contribution in [0, 0.1) is 5.92 Å². The van der Waals surface area contributed by atoms with Gasteiger partial charge in [-0.05, 0) is 34.4 Å². The fourth-order valence-electron chi connectivity index (χ4n) is 3.87. The zero-order chi connectivity index (χ0) is 20.9. The Morgan fingerprint density at radius 3 is 2.20 bits per heavy atom. The predicted octanol–water partition coefficient (Wildman–Crippen LogP) is 3.86. The number of nitrogens with one attached hydrogen (secondary N) is 1. The summed E-state index contributed by atoms with van der Waals surface area (Å²) in [7, 11) is 0. The molecule has 6 heteroatoms. The number of nitrogens with zero attached hydrogens (tertiary/aromatic N) is 1. The van der Waals surface area contributed by atoms with Gasteiger partial charge in [0.25, 0.3) is 0 Å². The van der Waals surface area contributed by atoms with Crippen LogP contribution in [0.15, 0.2) is 72.9 Å². The first kappa shape index (κ1) is 19.6. The molecule has 0 fully saturated rings. The first-order valence-corrected chi connectivity index (χ1v) is 9.85. The number of fused-ring (bicyclic) bond motifs is 3. The molecule has 1 aliphatic rings. The van der Waals surface area contributed by atoms with Crippen molar-refractivity contribution in [3.8, 4) is 11.1 Å². The Morgan fingerprint density at radius 1 is 0.967 bits per heavy atom. The minimum atomic E-state index is -0.986. The van der Waals surface area contributed by atoms with Gasteiger partial charge in [0.15, 0.2) is 0 Å². The molecular weight excluding hydrogens is 380 g/mol. The lowest BCUT2D eigenvalue weighted by Gasteiger charge is -2.16. The number of aromatic nitrogens is 1. The van der Waals surface area contributed by atoms with E-state index in [-0.39, 0.29) is 25.5 Å². The zero-order valence-corrected chi connectivity index (χ0v) is 16.3. The Hall–Kier alpha value is -3.67. The van der Waals surface area contributed by atoms with Crippen molar-refractivity contribution >= 4 is 12.1 Å². The summed E-state index contributed by atoms with van der Waals surface area (Å²) in [6.07, 6.45) is 1.23. The number of aliphatic carboxylic acids is 1. The molecule has 0 aliphatic heterocycles. The minimum Gasteiger partial charge on any atom is -0.481 e. The number of amides is 1. The van der Waals surface area contributed by atoms with Gasteiger partial charge in [-0.1, -0.05) is 54.6 Å². The van der Waals surface area contributed by atoms with Gasteiger partial charge in [0.05, 0.1) is 5.92 Å². The van der Waals surface area contributed by atoms with Crippen molar-refractivity contribution in [2.45, 2.75) is 12.3 Å². The van der Waals surface area contributed by atoms with Crippen molar-refractivity contribution in [3.05, 3.63) is 89.7 Å². The summed E-state index contributed by atoms with van der Waals surface area (Å²) in [5, 5.41) is 12.0. The van der Waals surface area contributed by atoms with Crippen molar-refractivity contribution in [2.75, 3.05) is 13.2 Å². The summed E-state index contributed by atoms with van der Waals surface area (Å²) < 4.78 is 5.46. The van der Waals surface area contributed by atoms with Crippen molar-refractivity contribution < 1.29 is 19.4 Å². The summed E-state index contributed by atoms with van der Waals surface area (Å²) in [5.74, 6) is -1.80. The summed E-state index contributed by atoms with van der Waals surface area (Å²) in [5.41, 5.74) is 5.24. The largest absolute Gasteiger partial charge is 0.481 e. The van der Waals surface area contributed by atoms with Crippen LogP contribution in [0.5, 0.6) is 0 Å². The molecule has 2 N–H and O–H groups in total. The van der Waals surface area contributed by atoms with Crippen LogP contribution in [0.1, 0.15) is 22.7 Å². The summed E-state index contributed by atoms with van der Waals surface area (Å²) in [6.45, 7) is 0.167. The van der Waals surface area contributed by atoms with Gasteiger partial charge in [-0.2, -0.15) is 0 Å². The maximum Gasteiger partial charge on any atom is 0.407 e. The average molecular weight is 402 g/mol. The summed E-state index contributed by atoms with van der Waals surface area (Å²) in [6, 6.07) is 21.5. The number of carboxylic acids is 1. The van der Waals surface area contributed by atoms with E-state index in [1.165, 1.54) is 0 Å². The molecule has 0 saturated carbocycles. The molecule has 152 valence electrons. The van der Waals surface area contributed by atoms with Crippen molar-refractivity contribution in [3.63, 3.8) is 0 Å². The molecule has 30 heavy (non-hydrogen) atoms. The molecule has 6 nitrogen and oxygen atoms in total. The van der Waals surface area contributed by atoms with Gasteiger partial charge in [-0.25, -0.2) is 4.79 Å². The summed E-state index contributed by atoms with van der Waals surface area (Å²) >= 11 is 0. The average Bonchev–Trinajstić information content (AvgIpc) is 3.09. The van der Waals surface area contributed by atoms with E-state index in [1.807, 2.05) is 24.3 Å². The fourth-order valence-corrected chi connectivity index (χ4v) is 3.87. The highest BCUT2D eigenvalue weighted by Crippen LogP contribution is 2.44. The third kappa shape index (κ3) is 4.17. The number of pyridine rings is 1. The number of alkyl carbamates (subject to hydrolysis) is 1. The number of carbonyl (C=O) groups is 2. The highest BCUT2D eigenvalue weighted by atomic mass is 16.5. The van der Waals surface area contributed by atoms with E-state index in [0.29, 0.717) is 5.69 Å². The molecule has 0 radical (unpaired) electrons. The van der Waals surface area contributed by atoms with E-state index in [1.54, 1.807) is 24.4 Å². The van der Waals surface area contributed by atoms with E-state index in [2.05, 4.69) is 34.6 Å². The lowest BCUT2D eigenvalue weighted by Crippen LogP contribution is -2.35. The molecule has 3 aromatic rings. The third-order valence-electron chi connectivity index (χ3n) is 5.37. The molecule has 0 saturated heterocycles. The van der Waals surface area contributed by atoms with Crippen LogP contribution in [-0.4, -0.2) is 35.3 Å². The Balaban J connectivity index is 1.36. The molecule has 0 bridgehead atoms. The smallest absolute Gasteiger partial charge is 0.407 e. The van der Waals surface area contributed by atoms with Crippen molar-refractivity contribution in [1.82, 2.24) is 10.3 Å². The zero-order valence-electron chi connectivity index (χ0n) is 16.3. The normalized spacial score (nSPS) is 13.2. The number of hydrogen-bond acceptors (Lipinski definition) is 4. The van der Waals surface area contributed by atoms with Crippen LogP contribution in [0.25, 0.3) is 11.1 Å². The van der Waals surface area contributed by atoms with Gasteiger partial charge in [0.1, 0.15) is 6.61 Å². The first-order chi connectivity index (χ1) is 14.6. The third-order valence-corrected chi connectivity index (χ3v) is 5.37. The predicted molar refractivity (Wildman–Crippen MR) is 112 cm³/mol. The Kier molecular flexibility index (Phi) is 5.75. The Morgan fingerprint density at radius 2 is 1.60 bits per heavy atom. The number of carboxylic acid groups (broad SMARTS) is 1. The van der Waals surface area contributed by atoms with Crippen LogP contribution >= 0.6 is 0 Å². The van der Waals surface area contributed by atoms with Crippen molar-refractivity contribution in [1.29, 1.82) is 0 Å². The van der Waals surface area contributed by atoms with Gasteiger partial charge in [0.2, 0.25) is 0 Å². The van der Waals surface area contributed by atoms with Crippen LogP contribution in [-0.2, 0) is 16.0 Å². The molecule has 1 unspecified atom stereocenters. The molecule has 0 spiro atoms. The molecule has 4 rings (SSSR count).